The van der Waals surface area contributed by atoms with Crippen molar-refractivity contribution in [1.29, 1.82) is 0 Å². The van der Waals surface area contributed by atoms with E-state index in [0.29, 0.717) is 10.2 Å². The minimum atomic E-state index is -3.96. The number of hydrogen-bond acceptors (Lipinski definition) is 4. The average Bonchev–Trinajstić information content (AvgIpc) is 2.15. The summed E-state index contributed by atoms with van der Waals surface area (Å²) in [6, 6.07) is 6.49. The number of carbonyl (C=O) groups excluding carboxylic acids is 1. The molecule has 0 saturated heterocycles. The Morgan fingerprint density at radius 2 is 2.12 bits per heavy atom. The van der Waals surface area contributed by atoms with Gasteiger partial charge in [-0.05, 0) is 18.2 Å². The number of ether oxygens (including phenoxy) is 1. The number of benzene rings is 1. The van der Waals surface area contributed by atoms with E-state index in [-0.39, 0.29) is 0 Å². The fourth-order valence-electron chi connectivity index (χ4n) is 0.884. The first-order chi connectivity index (χ1) is 7.43. The van der Waals surface area contributed by atoms with Crippen LogP contribution in [0.2, 0.25) is 0 Å². The van der Waals surface area contributed by atoms with Gasteiger partial charge >= 0.3 is 16.3 Å². The first kappa shape index (κ1) is 12.8. The van der Waals surface area contributed by atoms with Crippen molar-refractivity contribution in [3.05, 3.63) is 28.7 Å². The fraction of sp³-hybridized carbons (Fsp3) is 0.125. The van der Waals surface area contributed by atoms with Gasteiger partial charge < -0.3 is 4.74 Å². The maximum atomic E-state index is 11.3. The molecule has 0 radical (unpaired) electrons. The lowest BCUT2D eigenvalue weighted by atomic mass is 10.3. The Morgan fingerprint density at radius 1 is 1.44 bits per heavy atom. The number of nitrogens with one attached hydrogen (secondary N) is 2. The molecule has 0 aromatic heterocycles. The number of carbonyl (C=O) groups is 1. The lowest BCUT2D eigenvalue weighted by molar-refractivity contribution is 0.177. The van der Waals surface area contributed by atoms with Crippen molar-refractivity contribution in [3.63, 3.8) is 0 Å². The molecule has 0 spiro atoms. The average molecular weight is 309 g/mol. The summed E-state index contributed by atoms with van der Waals surface area (Å²) in [5, 5.41) is 0. The van der Waals surface area contributed by atoms with Crippen LogP contribution in [-0.4, -0.2) is 21.6 Å². The second-order valence-electron chi connectivity index (χ2n) is 2.71. The summed E-state index contributed by atoms with van der Waals surface area (Å²) in [6.07, 6.45) is -1.05. The largest absolute Gasteiger partial charge is 0.452 e. The number of halogens is 1. The minimum Gasteiger partial charge on any atom is -0.452 e. The smallest absolute Gasteiger partial charge is 0.422 e. The highest BCUT2D eigenvalue weighted by Gasteiger charge is 2.14. The monoisotopic (exact) mass is 308 g/mol. The van der Waals surface area contributed by atoms with Gasteiger partial charge in [0.05, 0.1) is 12.8 Å². The lowest BCUT2D eigenvalue weighted by Crippen LogP contribution is -2.35. The molecule has 0 bridgehead atoms. The van der Waals surface area contributed by atoms with E-state index in [4.69, 9.17) is 0 Å². The molecule has 0 unspecified atom stereocenters. The zero-order valence-electron chi connectivity index (χ0n) is 8.23. The van der Waals surface area contributed by atoms with Gasteiger partial charge in [0.25, 0.3) is 0 Å². The van der Waals surface area contributed by atoms with Gasteiger partial charge in [-0.2, -0.15) is 8.42 Å². The van der Waals surface area contributed by atoms with Gasteiger partial charge in [0.1, 0.15) is 0 Å². The summed E-state index contributed by atoms with van der Waals surface area (Å²) in [7, 11) is -2.88. The highest BCUT2D eigenvalue weighted by molar-refractivity contribution is 9.10. The van der Waals surface area contributed by atoms with Crippen LogP contribution >= 0.6 is 15.9 Å². The Morgan fingerprint density at radius 3 is 2.69 bits per heavy atom. The number of methoxy groups -OCH3 is 1. The van der Waals surface area contributed by atoms with Crippen LogP contribution in [0.4, 0.5) is 10.5 Å². The van der Waals surface area contributed by atoms with Gasteiger partial charge in [0, 0.05) is 4.47 Å². The maximum Gasteiger partial charge on any atom is 0.422 e. The third-order valence-electron chi connectivity index (χ3n) is 1.48. The minimum absolute atomic E-state index is 0.325. The molecule has 0 aliphatic carbocycles. The number of rotatable bonds is 3. The third-order valence-corrected chi connectivity index (χ3v) is 2.91. The van der Waals surface area contributed by atoms with E-state index in [1.165, 1.54) is 0 Å². The molecule has 0 atom stereocenters. The van der Waals surface area contributed by atoms with Gasteiger partial charge in [-0.1, -0.05) is 22.0 Å². The molecule has 0 aliphatic heterocycles. The number of anilines is 1. The molecular weight excluding hydrogens is 300 g/mol. The van der Waals surface area contributed by atoms with Crippen molar-refractivity contribution in [2.75, 3.05) is 11.8 Å². The van der Waals surface area contributed by atoms with Crippen LogP contribution in [-0.2, 0) is 14.9 Å². The molecule has 0 fully saturated rings. The van der Waals surface area contributed by atoms with E-state index in [1.54, 1.807) is 29.0 Å². The summed E-state index contributed by atoms with van der Waals surface area (Å²) in [5.41, 5.74) is 0.325. The topological polar surface area (TPSA) is 84.5 Å². The molecule has 1 amide bonds. The van der Waals surface area contributed by atoms with Crippen LogP contribution in [0.15, 0.2) is 28.7 Å². The Balaban J connectivity index is 2.77. The molecule has 1 aromatic rings. The Kier molecular flexibility index (Phi) is 4.13. The van der Waals surface area contributed by atoms with Gasteiger partial charge in [0.15, 0.2) is 0 Å². The van der Waals surface area contributed by atoms with Gasteiger partial charge in [-0.25, -0.2) is 9.52 Å². The zero-order valence-corrected chi connectivity index (χ0v) is 10.6. The summed E-state index contributed by atoms with van der Waals surface area (Å²) < 4.78 is 31.4. The summed E-state index contributed by atoms with van der Waals surface area (Å²) in [5.74, 6) is 0. The van der Waals surface area contributed by atoms with Crippen LogP contribution in [0.25, 0.3) is 0 Å². The third kappa shape index (κ3) is 4.07. The standard InChI is InChI=1S/C8H9BrN2O4S/c1-15-8(12)11-16(13,14)10-7-4-2-3-6(9)5-7/h2-5,10H,1H3,(H,11,12). The molecule has 8 heteroatoms. The normalized spacial score (nSPS) is 10.6. The van der Waals surface area contributed by atoms with Crippen molar-refractivity contribution < 1.29 is 17.9 Å². The number of hydrogen-bond donors (Lipinski definition) is 2. The van der Waals surface area contributed by atoms with Gasteiger partial charge in [-0.15, -0.1) is 0 Å². The first-order valence-electron chi connectivity index (χ1n) is 4.07. The van der Waals surface area contributed by atoms with Crippen molar-refractivity contribution in [2.24, 2.45) is 0 Å². The summed E-state index contributed by atoms with van der Waals surface area (Å²) in [4.78, 5) is 10.7. The van der Waals surface area contributed by atoms with Crippen molar-refractivity contribution in [3.8, 4) is 0 Å². The Hall–Kier alpha value is -1.28. The molecule has 1 rings (SSSR count). The SMILES string of the molecule is COC(=O)NS(=O)(=O)Nc1cccc(Br)c1. The molecule has 1 aromatic carbocycles. The van der Waals surface area contributed by atoms with Crippen LogP contribution in [0, 0.1) is 0 Å². The highest BCUT2D eigenvalue weighted by Crippen LogP contribution is 2.16. The van der Waals surface area contributed by atoms with E-state index >= 15 is 0 Å². The Bertz CT molecular complexity index is 489. The zero-order chi connectivity index (χ0) is 12.2. The second-order valence-corrected chi connectivity index (χ2v) is 5.04. The fourth-order valence-corrected chi connectivity index (χ4v) is 2.07. The molecule has 88 valence electrons. The quantitative estimate of drug-likeness (QED) is 0.885. The predicted octanol–water partition coefficient (Wildman–Crippen LogP) is 1.46. The molecule has 0 aliphatic rings. The van der Waals surface area contributed by atoms with E-state index in [0.717, 1.165) is 7.11 Å². The van der Waals surface area contributed by atoms with E-state index in [2.05, 4.69) is 25.4 Å². The van der Waals surface area contributed by atoms with E-state index in [1.807, 2.05) is 0 Å². The van der Waals surface area contributed by atoms with Gasteiger partial charge in [-0.3, -0.25) is 4.72 Å². The number of amides is 1. The molecular formula is C8H9BrN2O4S. The lowest BCUT2D eigenvalue weighted by Gasteiger charge is -2.08. The van der Waals surface area contributed by atoms with E-state index < -0.39 is 16.3 Å². The summed E-state index contributed by atoms with van der Waals surface area (Å²) in [6.45, 7) is 0. The van der Waals surface area contributed by atoms with Gasteiger partial charge in [0.2, 0.25) is 0 Å². The van der Waals surface area contributed by atoms with Crippen LogP contribution < -0.4 is 9.44 Å². The second kappa shape index (κ2) is 5.17. The maximum absolute atomic E-state index is 11.3. The van der Waals surface area contributed by atoms with Crippen LogP contribution in [0.5, 0.6) is 0 Å². The van der Waals surface area contributed by atoms with Crippen molar-refractivity contribution >= 4 is 37.9 Å². The van der Waals surface area contributed by atoms with Crippen molar-refractivity contribution in [2.45, 2.75) is 0 Å². The summed E-state index contributed by atoms with van der Waals surface area (Å²) >= 11 is 3.19. The van der Waals surface area contributed by atoms with Crippen LogP contribution in [0.3, 0.4) is 0 Å². The Labute approximate surface area is 101 Å². The first-order valence-corrected chi connectivity index (χ1v) is 6.34. The van der Waals surface area contributed by atoms with E-state index in [9.17, 15) is 13.2 Å². The van der Waals surface area contributed by atoms with Crippen LogP contribution in [0.1, 0.15) is 0 Å². The molecule has 16 heavy (non-hydrogen) atoms. The highest BCUT2D eigenvalue weighted by atomic mass is 79.9. The molecule has 6 nitrogen and oxygen atoms in total. The predicted molar refractivity (Wildman–Crippen MR) is 62.2 cm³/mol. The molecule has 0 saturated carbocycles. The molecule has 2 N–H and O–H groups in total. The molecule has 0 heterocycles. The van der Waals surface area contributed by atoms with Crippen molar-refractivity contribution in [1.82, 2.24) is 4.72 Å².